The Morgan fingerprint density at radius 3 is 2.68 bits per heavy atom. The normalized spacial score (nSPS) is 14.1. The van der Waals surface area contributed by atoms with Crippen molar-refractivity contribution < 1.29 is 23.5 Å². The van der Waals surface area contributed by atoms with Crippen molar-refractivity contribution >= 4 is 40.2 Å². The van der Waals surface area contributed by atoms with Crippen LogP contribution in [0.2, 0.25) is 0 Å². The highest BCUT2D eigenvalue weighted by molar-refractivity contribution is 8.15. The van der Waals surface area contributed by atoms with Crippen LogP contribution in [-0.4, -0.2) is 51.3 Å². The number of hydrogen-bond acceptors (Lipinski definition) is 7. The molecule has 210 valence electrons. The van der Waals surface area contributed by atoms with Crippen LogP contribution in [0.3, 0.4) is 0 Å². The van der Waals surface area contributed by atoms with Crippen LogP contribution in [0.5, 0.6) is 5.75 Å². The first-order valence-corrected chi connectivity index (χ1v) is 13.7. The molecule has 10 nitrogen and oxygen atoms in total. The third-order valence-corrected chi connectivity index (χ3v) is 7.13. The van der Waals surface area contributed by atoms with Gasteiger partial charge in [-0.1, -0.05) is 23.9 Å². The zero-order valence-corrected chi connectivity index (χ0v) is 23.4. The van der Waals surface area contributed by atoms with E-state index < -0.39 is 11.8 Å². The minimum Gasteiger partial charge on any atom is -0.497 e. The number of benzene rings is 3. The maximum atomic E-state index is 15.0. The average molecular weight is 575 g/mol. The first-order chi connectivity index (χ1) is 19.9. The Morgan fingerprint density at radius 1 is 1.15 bits per heavy atom. The van der Waals surface area contributed by atoms with Crippen LogP contribution in [-0.2, 0) is 16.1 Å². The van der Waals surface area contributed by atoms with Crippen molar-refractivity contribution in [1.82, 2.24) is 14.8 Å². The number of hydrogen-bond donors (Lipinski definition) is 1. The van der Waals surface area contributed by atoms with Crippen LogP contribution < -0.4 is 15.0 Å². The predicted octanol–water partition coefficient (Wildman–Crippen LogP) is 5.59. The fraction of sp³-hybridized carbons (Fsp3) is 0.207. The van der Waals surface area contributed by atoms with E-state index in [1.54, 1.807) is 30.0 Å². The monoisotopic (exact) mass is 574 g/mol. The van der Waals surface area contributed by atoms with Crippen molar-refractivity contribution in [3.05, 3.63) is 83.9 Å². The van der Waals surface area contributed by atoms with Gasteiger partial charge in [0.1, 0.15) is 17.9 Å². The van der Waals surface area contributed by atoms with Gasteiger partial charge in [0.15, 0.2) is 11.0 Å². The first kappa shape index (κ1) is 28.0. The molecule has 0 atom stereocenters. The number of thioether (sulfide) groups is 1. The summed E-state index contributed by atoms with van der Waals surface area (Å²) < 4.78 is 27.3. The molecule has 0 spiro atoms. The Hall–Kier alpha value is -4.55. The second kappa shape index (κ2) is 12.3. The van der Waals surface area contributed by atoms with Crippen molar-refractivity contribution in [3.63, 3.8) is 0 Å². The van der Waals surface area contributed by atoms with Crippen molar-refractivity contribution in [2.75, 3.05) is 29.7 Å². The van der Waals surface area contributed by atoms with E-state index >= 15 is 4.39 Å². The number of carbonyl (C=O) groups is 2. The number of methoxy groups -OCH3 is 1. The SMILES string of the molecule is CCOCc1ccc(C)cc1N1C(=O)CS/C1=N\C(=O)Nc1ccc(-c2ncn(-c3ccc(OC)cc3)n2)cc1F. The number of aromatic nitrogens is 3. The first-order valence-electron chi connectivity index (χ1n) is 12.7. The van der Waals surface area contributed by atoms with Crippen LogP contribution in [0.4, 0.5) is 20.6 Å². The van der Waals surface area contributed by atoms with Crippen LogP contribution in [0.25, 0.3) is 17.1 Å². The Morgan fingerprint density at radius 2 is 1.95 bits per heavy atom. The van der Waals surface area contributed by atoms with Crippen molar-refractivity contribution in [2.45, 2.75) is 20.5 Å². The van der Waals surface area contributed by atoms with Gasteiger partial charge in [-0.2, -0.15) is 4.99 Å². The third-order valence-electron chi connectivity index (χ3n) is 6.20. The number of aliphatic imine (C=N–C) groups is 1. The largest absolute Gasteiger partial charge is 0.497 e. The lowest BCUT2D eigenvalue weighted by atomic mass is 10.1. The molecule has 4 aromatic rings. The lowest BCUT2D eigenvalue weighted by Crippen LogP contribution is -2.31. The summed E-state index contributed by atoms with van der Waals surface area (Å²) >= 11 is 1.14. The smallest absolute Gasteiger partial charge is 0.347 e. The number of ether oxygens (including phenoxy) is 2. The van der Waals surface area contributed by atoms with Crippen LogP contribution in [0.15, 0.2) is 72.0 Å². The molecule has 1 N–H and O–H groups in total. The summed E-state index contributed by atoms with van der Waals surface area (Å²) in [4.78, 5) is 35.4. The number of aryl methyl sites for hydroxylation is 1. The van der Waals surface area contributed by atoms with Crippen LogP contribution >= 0.6 is 11.8 Å². The molecule has 1 aromatic heterocycles. The molecule has 5 rings (SSSR count). The molecule has 0 saturated carbocycles. The molecule has 3 aromatic carbocycles. The fourth-order valence-corrected chi connectivity index (χ4v) is 5.00. The maximum absolute atomic E-state index is 15.0. The molecular formula is C29H27FN6O4S. The van der Waals surface area contributed by atoms with Crippen molar-refractivity contribution in [3.8, 4) is 22.8 Å². The van der Waals surface area contributed by atoms with Gasteiger partial charge in [-0.25, -0.2) is 18.9 Å². The number of carbonyl (C=O) groups excluding carboxylic acids is 2. The standard InChI is InChI=1S/C29H27FN6O4S/c1-4-40-15-20-6-5-18(2)13-25(20)36-26(37)16-41-29(36)33-28(38)32-24-12-7-19(14-23(24)30)27-31-17-35(34-27)21-8-10-22(39-3)11-9-21/h5-14,17H,4,15-16H2,1-3H3,(H,32,38)/b33-29-. The number of halogens is 1. The molecule has 0 unspecified atom stereocenters. The van der Waals surface area contributed by atoms with Gasteiger partial charge < -0.3 is 14.8 Å². The predicted molar refractivity (Wildman–Crippen MR) is 156 cm³/mol. The van der Waals surface area contributed by atoms with Gasteiger partial charge in [0, 0.05) is 17.7 Å². The highest BCUT2D eigenvalue weighted by Crippen LogP contribution is 2.31. The molecule has 0 aliphatic carbocycles. The fourth-order valence-electron chi connectivity index (χ4n) is 4.14. The minimum atomic E-state index is -0.806. The van der Waals surface area contributed by atoms with Crippen molar-refractivity contribution in [2.24, 2.45) is 4.99 Å². The average Bonchev–Trinajstić information content (AvgIpc) is 3.60. The Kier molecular flexibility index (Phi) is 8.41. The van der Waals surface area contributed by atoms with Crippen molar-refractivity contribution in [1.29, 1.82) is 0 Å². The van der Waals surface area contributed by atoms with E-state index in [-0.39, 0.29) is 22.5 Å². The van der Waals surface area contributed by atoms with Gasteiger partial charge in [-0.05, 0) is 67.9 Å². The number of anilines is 2. The van der Waals surface area contributed by atoms with Gasteiger partial charge in [0.05, 0.1) is 36.5 Å². The molecule has 0 bridgehead atoms. The number of amidine groups is 1. The van der Waals surface area contributed by atoms with E-state index in [0.29, 0.717) is 36.0 Å². The molecule has 0 radical (unpaired) electrons. The highest BCUT2D eigenvalue weighted by Gasteiger charge is 2.32. The Balaban J connectivity index is 1.32. The van der Waals surface area contributed by atoms with E-state index in [4.69, 9.17) is 9.47 Å². The van der Waals surface area contributed by atoms with Gasteiger partial charge in [-0.15, -0.1) is 5.10 Å². The van der Waals surface area contributed by atoms with E-state index in [1.807, 2.05) is 44.2 Å². The summed E-state index contributed by atoms with van der Waals surface area (Å²) in [6.45, 7) is 4.63. The van der Waals surface area contributed by atoms with E-state index in [9.17, 15) is 9.59 Å². The third kappa shape index (κ3) is 6.28. The highest BCUT2D eigenvalue weighted by atomic mass is 32.2. The molecule has 1 aliphatic heterocycles. The number of rotatable bonds is 8. The Labute approximate surface area is 240 Å². The number of amides is 3. The summed E-state index contributed by atoms with van der Waals surface area (Å²) in [7, 11) is 1.59. The summed E-state index contributed by atoms with van der Waals surface area (Å²) in [6.07, 6.45) is 1.53. The van der Waals surface area contributed by atoms with Crippen LogP contribution in [0, 0.1) is 12.7 Å². The minimum absolute atomic E-state index is 0.0637. The molecule has 41 heavy (non-hydrogen) atoms. The van der Waals surface area contributed by atoms with E-state index in [2.05, 4.69) is 20.4 Å². The topological polar surface area (TPSA) is 111 Å². The quantitative estimate of drug-likeness (QED) is 0.292. The van der Waals surface area contributed by atoms with Gasteiger partial charge in [0.25, 0.3) is 0 Å². The lowest BCUT2D eigenvalue weighted by Gasteiger charge is -2.20. The number of nitrogens with one attached hydrogen (secondary N) is 1. The molecule has 1 fully saturated rings. The summed E-state index contributed by atoms with van der Waals surface area (Å²) in [5.41, 5.74) is 3.48. The Bertz CT molecular complexity index is 1620. The summed E-state index contributed by atoms with van der Waals surface area (Å²) in [5.74, 6) is 0.276. The van der Waals surface area contributed by atoms with E-state index in [1.165, 1.54) is 23.4 Å². The molecule has 2 heterocycles. The second-order valence-electron chi connectivity index (χ2n) is 9.02. The molecular weight excluding hydrogens is 547 g/mol. The van der Waals surface area contributed by atoms with E-state index in [0.717, 1.165) is 28.6 Å². The van der Waals surface area contributed by atoms with Gasteiger partial charge >= 0.3 is 6.03 Å². The molecule has 12 heteroatoms. The summed E-state index contributed by atoms with van der Waals surface area (Å²) in [6, 6.07) is 16.4. The lowest BCUT2D eigenvalue weighted by molar-refractivity contribution is -0.115. The molecule has 1 saturated heterocycles. The second-order valence-corrected chi connectivity index (χ2v) is 9.96. The number of nitrogens with zero attached hydrogens (tertiary/aromatic N) is 5. The summed E-state index contributed by atoms with van der Waals surface area (Å²) in [5, 5.41) is 7.10. The molecule has 1 aliphatic rings. The van der Waals surface area contributed by atoms with Crippen LogP contribution in [0.1, 0.15) is 18.1 Å². The zero-order valence-electron chi connectivity index (χ0n) is 22.6. The molecule has 3 amide bonds. The van der Waals surface area contributed by atoms with Gasteiger partial charge in [-0.3, -0.25) is 9.69 Å². The number of urea groups is 1. The zero-order chi connectivity index (χ0) is 28.9. The maximum Gasteiger partial charge on any atom is 0.347 e. The van der Waals surface area contributed by atoms with Gasteiger partial charge in [0.2, 0.25) is 5.91 Å².